The highest BCUT2D eigenvalue weighted by Crippen LogP contribution is 2.35. The van der Waals surface area contributed by atoms with Gasteiger partial charge in [0.25, 0.3) is 0 Å². The van der Waals surface area contributed by atoms with Crippen molar-refractivity contribution in [2.24, 2.45) is 0 Å². The number of sulfonamides is 1. The van der Waals surface area contributed by atoms with E-state index in [2.05, 4.69) is 4.72 Å². The van der Waals surface area contributed by atoms with Gasteiger partial charge in [-0.1, -0.05) is 11.6 Å². The van der Waals surface area contributed by atoms with Crippen molar-refractivity contribution in [2.45, 2.75) is 17.4 Å². The topological polar surface area (TPSA) is 84.9 Å². The van der Waals surface area contributed by atoms with Gasteiger partial charge in [-0.3, -0.25) is 4.79 Å². The second kappa shape index (κ2) is 7.03. The first-order valence-electron chi connectivity index (χ1n) is 8.40. The molecule has 27 heavy (non-hydrogen) atoms. The Kier molecular flexibility index (Phi) is 4.71. The zero-order valence-electron chi connectivity index (χ0n) is 14.2. The van der Waals surface area contributed by atoms with Crippen LogP contribution in [0.25, 0.3) is 0 Å². The molecule has 2 aliphatic rings. The Morgan fingerprint density at radius 2 is 1.74 bits per heavy atom. The molecule has 1 fully saturated rings. The molecule has 0 radical (unpaired) electrons. The van der Waals surface area contributed by atoms with Crippen molar-refractivity contribution < 1.29 is 22.7 Å². The van der Waals surface area contributed by atoms with Crippen LogP contribution in [-0.4, -0.2) is 40.1 Å². The molecule has 0 aromatic heterocycles. The molecule has 1 atom stereocenters. The number of carbonyl (C=O) groups excluding carboxylic acids is 1. The van der Waals surface area contributed by atoms with E-state index in [9.17, 15) is 13.2 Å². The highest BCUT2D eigenvalue weighted by Gasteiger charge is 2.34. The number of nitrogens with one attached hydrogen (secondary N) is 1. The van der Waals surface area contributed by atoms with Gasteiger partial charge in [0, 0.05) is 35.8 Å². The lowest BCUT2D eigenvalue weighted by molar-refractivity contribution is -0.117. The van der Waals surface area contributed by atoms with Crippen LogP contribution >= 0.6 is 11.6 Å². The van der Waals surface area contributed by atoms with Crippen molar-refractivity contribution in [2.75, 3.05) is 24.7 Å². The molecular formula is C18H17ClN2O5S. The van der Waals surface area contributed by atoms with Crippen molar-refractivity contribution in [3.63, 3.8) is 0 Å². The maximum atomic E-state index is 12.5. The van der Waals surface area contributed by atoms with E-state index >= 15 is 0 Å². The van der Waals surface area contributed by atoms with Crippen LogP contribution < -0.4 is 19.1 Å². The zero-order chi connectivity index (χ0) is 19.0. The Morgan fingerprint density at radius 1 is 1.04 bits per heavy atom. The molecule has 0 unspecified atom stereocenters. The third-order valence-electron chi connectivity index (χ3n) is 4.41. The summed E-state index contributed by atoms with van der Waals surface area (Å²) in [5, 5.41) is 0.453. The van der Waals surface area contributed by atoms with Crippen LogP contribution in [0, 0.1) is 0 Å². The van der Waals surface area contributed by atoms with E-state index in [1.807, 2.05) is 0 Å². The molecule has 2 heterocycles. The van der Waals surface area contributed by atoms with Gasteiger partial charge >= 0.3 is 0 Å². The van der Waals surface area contributed by atoms with Crippen molar-refractivity contribution in [1.29, 1.82) is 0 Å². The molecule has 2 aromatic carbocycles. The Bertz CT molecular complexity index is 978. The second-order valence-corrected chi connectivity index (χ2v) is 8.46. The van der Waals surface area contributed by atoms with E-state index < -0.39 is 16.1 Å². The number of ether oxygens (including phenoxy) is 2. The highest BCUT2D eigenvalue weighted by atomic mass is 35.5. The SMILES string of the molecule is O=C1C[C@@H](NS(=O)(=O)c2ccc(Cl)cc2)CN1c1ccc2c(c1)OCCO2. The number of amides is 1. The van der Waals surface area contributed by atoms with Gasteiger partial charge in [0.1, 0.15) is 13.2 Å². The van der Waals surface area contributed by atoms with Gasteiger partial charge in [0.2, 0.25) is 15.9 Å². The van der Waals surface area contributed by atoms with Crippen LogP contribution in [-0.2, 0) is 14.8 Å². The summed E-state index contributed by atoms with van der Waals surface area (Å²) in [6, 6.07) is 10.6. The third kappa shape index (κ3) is 3.73. The summed E-state index contributed by atoms with van der Waals surface area (Å²) in [6.45, 7) is 1.18. The molecule has 142 valence electrons. The Labute approximate surface area is 161 Å². The molecule has 1 amide bonds. The Morgan fingerprint density at radius 3 is 2.48 bits per heavy atom. The summed E-state index contributed by atoms with van der Waals surface area (Å²) in [7, 11) is -3.74. The number of halogens is 1. The molecule has 0 spiro atoms. The lowest BCUT2D eigenvalue weighted by Gasteiger charge is -2.22. The summed E-state index contributed by atoms with van der Waals surface area (Å²) >= 11 is 5.80. The quantitative estimate of drug-likeness (QED) is 0.838. The normalized spacial score (nSPS) is 19.4. The van der Waals surface area contributed by atoms with Crippen LogP contribution in [0.15, 0.2) is 47.4 Å². The summed E-state index contributed by atoms with van der Waals surface area (Å²) in [4.78, 5) is 14.1. The maximum Gasteiger partial charge on any atom is 0.240 e. The number of hydrogen-bond donors (Lipinski definition) is 1. The number of benzene rings is 2. The molecule has 2 aliphatic heterocycles. The van der Waals surface area contributed by atoms with Crippen LogP contribution in [0.2, 0.25) is 5.02 Å². The van der Waals surface area contributed by atoms with E-state index in [-0.39, 0.29) is 23.8 Å². The number of anilines is 1. The van der Waals surface area contributed by atoms with E-state index in [0.29, 0.717) is 35.4 Å². The molecule has 0 saturated carbocycles. The fourth-order valence-electron chi connectivity index (χ4n) is 3.14. The molecule has 2 aromatic rings. The molecule has 0 bridgehead atoms. The second-order valence-electron chi connectivity index (χ2n) is 6.31. The molecule has 1 N–H and O–H groups in total. The first-order valence-corrected chi connectivity index (χ1v) is 10.3. The minimum Gasteiger partial charge on any atom is -0.486 e. The van der Waals surface area contributed by atoms with Crippen molar-refractivity contribution in [3.05, 3.63) is 47.5 Å². The van der Waals surface area contributed by atoms with Gasteiger partial charge in [-0.2, -0.15) is 0 Å². The van der Waals surface area contributed by atoms with Gasteiger partial charge < -0.3 is 14.4 Å². The van der Waals surface area contributed by atoms with Crippen molar-refractivity contribution >= 4 is 33.2 Å². The average molecular weight is 409 g/mol. The summed E-state index contributed by atoms with van der Waals surface area (Å²) < 4.78 is 38.7. The van der Waals surface area contributed by atoms with E-state index in [1.54, 1.807) is 23.1 Å². The minimum absolute atomic E-state index is 0.0846. The predicted molar refractivity (Wildman–Crippen MR) is 100.0 cm³/mol. The first kappa shape index (κ1) is 18.1. The lowest BCUT2D eigenvalue weighted by atomic mass is 10.2. The zero-order valence-corrected chi connectivity index (χ0v) is 15.8. The summed E-state index contributed by atoms with van der Waals surface area (Å²) in [6.07, 6.45) is 0.0846. The summed E-state index contributed by atoms with van der Waals surface area (Å²) in [5.74, 6) is 1.06. The fourth-order valence-corrected chi connectivity index (χ4v) is 4.49. The minimum atomic E-state index is -3.74. The van der Waals surface area contributed by atoms with Gasteiger partial charge in [-0.15, -0.1) is 0 Å². The van der Waals surface area contributed by atoms with Crippen LogP contribution in [0.3, 0.4) is 0 Å². The number of hydrogen-bond acceptors (Lipinski definition) is 5. The van der Waals surface area contributed by atoms with E-state index in [0.717, 1.165) is 0 Å². The fraction of sp³-hybridized carbons (Fsp3) is 0.278. The first-order chi connectivity index (χ1) is 12.9. The summed E-state index contributed by atoms with van der Waals surface area (Å²) in [5.41, 5.74) is 0.650. The van der Waals surface area contributed by atoms with Crippen LogP contribution in [0.4, 0.5) is 5.69 Å². The van der Waals surface area contributed by atoms with Gasteiger partial charge in [-0.05, 0) is 36.4 Å². The number of nitrogens with zero attached hydrogens (tertiary/aromatic N) is 1. The third-order valence-corrected chi connectivity index (χ3v) is 6.20. The lowest BCUT2D eigenvalue weighted by Crippen LogP contribution is -2.37. The largest absolute Gasteiger partial charge is 0.486 e. The van der Waals surface area contributed by atoms with Crippen LogP contribution in [0.1, 0.15) is 6.42 Å². The van der Waals surface area contributed by atoms with Crippen LogP contribution in [0.5, 0.6) is 11.5 Å². The molecule has 1 saturated heterocycles. The monoisotopic (exact) mass is 408 g/mol. The smallest absolute Gasteiger partial charge is 0.240 e. The maximum absolute atomic E-state index is 12.5. The van der Waals surface area contributed by atoms with Crippen molar-refractivity contribution in [3.8, 4) is 11.5 Å². The van der Waals surface area contributed by atoms with Gasteiger partial charge in [0.05, 0.1) is 4.90 Å². The van der Waals surface area contributed by atoms with Gasteiger partial charge in [0.15, 0.2) is 11.5 Å². The standard InChI is InChI=1S/C18H17ClN2O5S/c19-12-1-4-15(5-2-12)27(23,24)20-13-9-18(22)21(11-13)14-3-6-16-17(10-14)26-8-7-25-16/h1-6,10,13,20H,7-9,11H2/t13-/m1/s1. The molecule has 4 rings (SSSR count). The molecule has 7 nitrogen and oxygen atoms in total. The van der Waals surface area contributed by atoms with E-state index in [4.69, 9.17) is 21.1 Å². The molecule has 0 aliphatic carbocycles. The molecular weight excluding hydrogens is 392 g/mol. The number of rotatable bonds is 4. The number of carbonyl (C=O) groups is 1. The van der Waals surface area contributed by atoms with Crippen molar-refractivity contribution in [1.82, 2.24) is 4.72 Å². The molecule has 9 heteroatoms. The highest BCUT2D eigenvalue weighted by molar-refractivity contribution is 7.89. The predicted octanol–water partition coefficient (Wildman–Crippen LogP) is 2.19. The Balaban J connectivity index is 1.50. The average Bonchev–Trinajstić information content (AvgIpc) is 3.01. The number of fused-ring (bicyclic) bond motifs is 1. The van der Waals surface area contributed by atoms with E-state index in [1.165, 1.54) is 24.3 Å². The Hall–Kier alpha value is -2.29. The van der Waals surface area contributed by atoms with Gasteiger partial charge in [-0.25, -0.2) is 13.1 Å².